The van der Waals surface area contributed by atoms with Crippen LogP contribution in [0.15, 0.2) is 10.5 Å². The normalized spacial score (nSPS) is 11.7. The molecule has 10 heteroatoms. The zero-order valence-corrected chi connectivity index (χ0v) is 12.5. The van der Waals surface area contributed by atoms with Crippen molar-refractivity contribution >= 4 is 32.7 Å². The average molecular weight is 362 g/mol. The van der Waals surface area contributed by atoms with Crippen molar-refractivity contribution in [3.63, 3.8) is 0 Å². The van der Waals surface area contributed by atoms with Gasteiger partial charge in [0.05, 0.1) is 21.5 Å². The Morgan fingerprint density at radius 3 is 1.46 bits per heavy atom. The first-order valence-electron chi connectivity index (χ1n) is 7.00. The molecule has 0 spiro atoms. The van der Waals surface area contributed by atoms with Crippen LogP contribution in [-0.4, -0.2) is 46.0 Å². The summed E-state index contributed by atoms with van der Waals surface area (Å²) < 4.78 is 5.34. The van der Waals surface area contributed by atoms with Crippen molar-refractivity contribution in [2.45, 2.75) is 0 Å². The lowest BCUT2D eigenvalue weighted by atomic mass is 10.0. The van der Waals surface area contributed by atoms with E-state index in [1.54, 1.807) is 0 Å². The molecule has 0 saturated carbocycles. The summed E-state index contributed by atoms with van der Waals surface area (Å²) in [5.74, 6) is -8.46. The van der Waals surface area contributed by atoms with Gasteiger partial charge in [-0.15, -0.1) is 0 Å². The molecule has 4 rings (SSSR count). The van der Waals surface area contributed by atoms with E-state index in [2.05, 4.69) is 0 Å². The molecular formula is C16H10O10. The van der Waals surface area contributed by atoms with Crippen LogP contribution in [0.3, 0.4) is 0 Å². The maximum atomic E-state index is 10.3. The molecule has 0 saturated heterocycles. The van der Waals surface area contributed by atoms with Gasteiger partial charge >= 0.3 is 0 Å². The van der Waals surface area contributed by atoms with Crippen LogP contribution in [0.1, 0.15) is 0 Å². The number of hydrogen-bond donors (Lipinski definition) is 9. The number of furan rings is 1. The maximum Gasteiger partial charge on any atom is 0.205 e. The van der Waals surface area contributed by atoms with Gasteiger partial charge < -0.3 is 50.4 Å². The minimum absolute atomic E-state index is 0.390. The number of phenolic OH excluding ortho intramolecular Hbond substituents is 9. The van der Waals surface area contributed by atoms with Gasteiger partial charge in [-0.05, 0) is 0 Å². The standard InChI is InChI=1S/C16H10O10/c17-2-1-3(18)15-6(8(2)19)7-11(22)9(20)4-5(16(7)26-15)12(23)14(25)13(24)10(4)21/h1,17-25H. The van der Waals surface area contributed by atoms with E-state index in [4.69, 9.17) is 4.42 Å². The molecule has 0 unspecified atom stereocenters. The lowest BCUT2D eigenvalue weighted by Crippen LogP contribution is -1.83. The predicted octanol–water partition coefficient (Wildman–Crippen LogP) is 2.09. The summed E-state index contributed by atoms with van der Waals surface area (Å²) in [6.07, 6.45) is 0. The molecule has 0 radical (unpaired) electrons. The van der Waals surface area contributed by atoms with Crippen molar-refractivity contribution < 1.29 is 50.4 Å². The largest absolute Gasteiger partial charge is 0.504 e. The summed E-state index contributed by atoms with van der Waals surface area (Å²) in [7, 11) is 0. The average Bonchev–Trinajstić information content (AvgIpc) is 3.00. The van der Waals surface area contributed by atoms with Crippen LogP contribution in [-0.2, 0) is 0 Å². The SMILES string of the molecule is Oc1cc(O)c2oc3c4c(O)c(O)c(O)c(O)c4c(O)c(O)c3c2c1O. The summed E-state index contributed by atoms with van der Waals surface area (Å²) in [6, 6.07) is 0.764. The first-order chi connectivity index (χ1) is 12.2. The molecule has 0 fully saturated rings. The Labute approximate surface area is 141 Å². The maximum absolute atomic E-state index is 10.3. The number of fused-ring (bicyclic) bond motifs is 5. The monoisotopic (exact) mass is 362 g/mol. The van der Waals surface area contributed by atoms with Gasteiger partial charge in [0.2, 0.25) is 11.5 Å². The topological polar surface area (TPSA) is 195 Å². The van der Waals surface area contributed by atoms with Crippen LogP contribution < -0.4 is 0 Å². The van der Waals surface area contributed by atoms with Gasteiger partial charge in [0.25, 0.3) is 0 Å². The second-order valence-corrected chi connectivity index (χ2v) is 5.62. The van der Waals surface area contributed by atoms with E-state index in [9.17, 15) is 46.0 Å². The summed E-state index contributed by atoms with van der Waals surface area (Å²) in [6.45, 7) is 0. The molecule has 0 bridgehead atoms. The number of rotatable bonds is 0. The van der Waals surface area contributed by atoms with Crippen LogP contribution >= 0.6 is 0 Å². The number of aromatic hydroxyl groups is 9. The fourth-order valence-electron chi connectivity index (χ4n) is 3.02. The van der Waals surface area contributed by atoms with Gasteiger partial charge in [-0.25, -0.2) is 0 Å². The fourth-order valence-corrected chi connectivity index (χ4v) is 3.02. The Hall–Kier alpha value is -4.08. The van der Waals surface area contributed by atoms with Crippen molar-refractivity contribution in [2.24, 2.45) is 0 Å². The van der Waals surface area contributed by atoms with Crippen LogP contribution in [0.25, 0.3) is 32.7 Å². The molecule has 0 aliphatic heterocycles. The summed E-state index contributed by atoms with van der Waals surface area (Å²) in [5.41, 5.74) is -0.867. The van der Waals surface area contributed by atoms with E-state index in [1.165, 1.54) is 0 Å². The third-order valence-electron chi connectivity index (χ3n) is 4.22. The minimum Gasteiger partial charge on any atom is -0.504 e. The van der Waals surface area contributed by atoms with E-state index in [-0.39, 0.29) is 0 Å². The van der Waals surface area contributed by atoms with Gasteiger partial charge in [-0.1, -0.05) is 0 Å². The second kappa shape index (κ2) is 4.51. The van der Waals surface area contributed by atoms with Crippen molar-refractivity contribution in [3.05, 3.63) is 6.07 Å². The fraction of sp³-hybridized carbons (Fsp3) is 0. The second-order valence-electron chi connectivity index (χ2n) is 5.62. The highest BCUT2D eigenvalue weighted by molar-refractivity contribution is 6.25. The van der Waals surface area contributed by atoms with Gasteiger partial charge in [-0.2, -0.15) is 0 Å². The zero-order chi connectivity index (χ0) is 19.1. The number of hydrogen-bond acceptors (Lipinski definition) is 10. The lowest BCUT2D eigenvalue weighted by molar-refractivity contribution is 0.349. The molecule has 0 aliphatic carbocycles. The molecule has 9 N–H and O–H groups in total. The first-order valence-corrected chi connectivity index (χ1v) is 7.00. The summed E-state index contributed by atoms with van der Waals surface area (Å²) >= 11 is 0. The quantitative estimate of drug-likeness (QED) is 0.165. The number of phenols is 9. The molecule has 0 atom stereocenters. The summed E-state index contributed by atoms with van der Waals surface area (Å²) in [4.78, 5) is 0. The molecule has 0 amide bonds. The Kier molecular flexibility index (Phi) is 2.68. The number of benzene rings is 3. The molecule has 10 nitrogen and oxygen atoms in total. The van der Waals surface area contributed by atoms with Crippen LogP contribution in [0, 0.1) is 0 Å². The van der Waals surface area contributed by atoms with Crippen molar-refractivity contribution in [2.75, 3.05) is 0 Å². The molecule has 1 heterocycles. The Balaban J connectivity index is 2.46. The van der Waals surface area contributed by atoms with Gasteiger partial charge in [0, 0.05) is 6.07 Å². The van der Waals surface area contributed by atoms with Crippen molar-refractivity contribution in [3.8, 4) is 51.7 Å². The third kappa shape index (κ3) is 1.55. The van der Waals surface area contributed by atoms with Gasteiger partial charge in [0.15, 0.2) is 51.4 Å². The van der Waals surface area contributed by atoms with Gasteiger partial charge in [0.1, 0.15) is 0 Å². The van der Waals surface area contributed by atoms with E-state index in [1.807, 2.05) is 0 Å². The molecule has 134 valence electrons. The smallest absolute Gasteiger partial charge is 0.205 e. The van der Waals surface area contributed by atoms with E-state index < -0.39 is 84.5 Å². The van der Waals surface area contributed by atoms with E-state index >= 15 is 0 Å². The van der Waals surface area contributed by atoms with E-state index in [0.29, 0.717) is 0 Å². The molecule has 3 aromatic carbocycles. The Morgan fingerprint density at radius 1 is 0.423 bits per heavy atom. The van der Waals surface area contributed by atoms with Crippen LogP contribution in [0.2, 0.25) is 0 Å². The minimum atomic E-state index is -1.15. The molecule has 26 heavy (non-hydrogen) atoms. The molecule has 4 aromatic rings. The third-order valence-corrected chi connectivity index (χ3v) is 4.22. The molecular weight excluding hydrogens is 352 g/mol. The van der Waals surface area contributed by atoms with Gasteiger partial charge in [-0.3, -0.25) is 0 Å². The highest BCUT2D eigenvalue weighted by Gasteiger charge is 2.30. The molecule has 0 aliphatic rings. The Bertz CT molecular complexity index is 1270. The van der Waals surface area contributed by atoms with Crippen LogP contribution in [0.5, 0.6) is 51.7 Å². The first kappa shape index (κ1) is 15.4. The van der Waals surface area contributed by atoms with E-state index in [0.717, 1.165) is 6.07 Å². The Morgan fingerprint density at radius 2 is 0.846 bits per heavy atom. The molecule has 1 aromatic heterocycles. The van der Waals surface area contributed by atoms with Crippen molar-refractivity contribution in [1.82, 2.24) is 0 Å². The zero-order valence-electron chi connectivity index (χ0n) is 12.5. The predicted molar refractivity (Wildman–Crippen MR) is 86.2 cm³/mol. The highest BCUT2D eigenvalue weighted by atomic mass is 16.4. The van der Waals surface area contributed by atoms with Crippen LogP contribution in [0.4, 0.5) is 0 Å². The van der Waals surface area contributed by atoms with Crippen molar-refractivity contribution in [1.29, 1.82) is 0 Å². The highest BCUT2D eigenvalue weighted by Crippen LogP contribution is 2.59. The lowest BCUT2D eigenvalue weighted by Gasteiger charge is -2.12. The summed E-state index contributed by atoms with van der Waals surface area (Å²) in [5, 5.41) is 87.7.